The van der Waals surface area contributed by atoms with Crippen molar-refractivity contribution in [2.24, 2.45) is 5.92 Å². The van der Waals surface area contributed by atoms with Gasteiger partial charge in [-0.1, -0.05) is 37.3 Å². The van der Waals surface area contributed by atoms with Crippen LogP contribution in [0.2, 0.25) is 0 Å². The fourth-order valence-corrected chi connectivity index (χ4v) is 4.24. The van der Waals surface area contributed by atoms with E-state index in [9.17, 15) is 9.90 Å². The van der Waals surface area contributed by atoms with E-state index in [1.54, 1.807) is 7.11 Å². The van der Waals surface area contributed by atoms with Gasteiger partial charge in [-0.3, -0.25) is 5.01 Å². The smallest absolute Gasteiger partial charge is 0.123 e. The summed E-state index contributed by atoms with van der Waals surface area (Å²) in [5.74, 6) is 0.867. The van der Waals surface area contributed by atoms with Gasteiger partial charge in [0.25, 0.3) is 0 Å². The number of aryl methyl sites for hydroxylation is 1. The van der Waals surface area contributed by atoms with Crippen LogP contribution in [0.3, 0.4) is 0 Å². The van der Waals surface area contributed by atoms with Crippen molar-refractivity contribution in [2.45, 2.75) is 51.7 Å². The topological polar surface area (TPSA) is 61.8 Å². The Hall–Kier alpha value is -2.63. The standard InChI is InChI=1S/C24H28N2O3.CH4/c1-17-3-5-19(6-4-17)22-15-23(24(28)13-11-18(16-27)12-14-24)25-26(22)20-7-9-21(29-2)10-8-20;/h3-10,15-16,18,23,25,28H,11-14H2,1-2H3;1H4. The Morgan fingerprint density at radius 1 is 1.10 bits per heavy atom. The van der Waals surface area contributed by atoms with Crippen LogP contribution in [-0.2, 0) is 4.79 Å². The fourth-order valence-electron chi connectivity index (χ4n) is 4.24. The first-order chi connectivity index (χ1) is 14.0. The van der Waals surface area contributed by atoms with E-state index in [1.807, 2.05) is 29.3 Å². The van der Waals surface area contributed by atoms with Crippen LogP contribution in [0.5, 0.6) is 5.75 Å². The summed E-state index contributed by atoms with van der Waals surface area (Å²) in [6.07, 6.45) is 5.84. The maximum absolute atomic E-state index is 11.4. The van der Waals surface area contributed by atoms with Crippen LogP contribution >= 0.6 is 0 Å². The number of aliphatic hydroxyl groups is 1. The minimum atomic E-state index is -0.864. The molecule has 1 heterocycles. The molecular formula is C25H32N2O3. The minimum absolute atomic E-state index is 0. The lowest BCUT2D eigenvalue weighted by Crippen LogP contribution is -2.53. The molecule has 1 fully saturated rings. The number of ether oxygens (including phenoxy) is 1. The molecule has 1 atom stereocenters. The Kier molecular flexibility index (Phi) is 6.64. The molecule has 5 heteroatoms. The van der Waals surface area contributed by atoms with Crippen LogP contribution in [0.1, 0.15) is 44.2 Å². The molecular weight excluding hydrogens is 376 g/mol. The van der Waals surface area contributed by atoms with Crippen molar-refractivity contribution >= 4 is 17.7 Å². The number of carbonyl (C=O) groups excluding carboxylic acids is 1. The monoisotopic (exact) mass is 408 g/mol. The number of aldehydes is 1. The zero-order valence-corrected chi connectivity index (χ0v) is 17.0. The lowest BCUT2D eigenvalue weighted by molar-refractivity contribution is -0.114. The molecule has 0 aromatic heterocycles. The Labute approximate surface area is 179 Å². The van der Waals surface area contributed by atoms with Crippen molar-refractivity contribution in [1.29, 1.82) is 0 Å². The van der Waals surface area contributed by atoms with Gasteiger partial charge in [-0.05, 0) is 68.5 Å². The molecule has 0 amide bonds. The van der Waals surface area contributed by atoms with Crippen LogP contribution in [0, 0.1) is 12.8 Å². The highest BCUT2D eigenvalue weighted by Crippen LogP contribution is 2.39. The molecule has 0 bridgehead atoms. The van der Waals surface area contributed by atoms with E-state index >= 15 is 0 Å². The van der Waals surface area contributed by atoms with Gasteiger partial charge < -0.3 is 14.6 Å². The van der Waals surface area contributed by atoms with Gasteiger partial charge in [0.05, 0.1) is 30.1 Å². The maximum atomic E-state index is 11.4. The van der Waals surface area contributed by atoms with Gasteiger partial charge in [-0.15, -0.1) is 0 Å². The molecule has 1 aliphatic heterocycles. The zero-order valence-electron chi connectivity index (χ0n) is 17.0. The molecule has 4 rings (SSSR count). The lowest BCUT2D eigenvalue weighted by Gasteiger charge is -2.39. The Bertz CT molecular complexity index is 882. The largest absolute Gasteiger partial charge is 0.497 e. The average Bonchev–Trinajstić information content (AvgIpc) is 3.21. The van der Waals surface area contributed by atoms with Crippen LogP contribution in [0.15, 0.2) is 54.6 Å². The van der Waals surface area contributed by atoms with Crippen molar-refractivity contribution in [2.75, 3.05) is 12.1 Å². The van der Waals surface area contributed by atoms with Gasteiger partial charge >= 0.3 is 0 Å². The molecule has 2 N–H and O–H groups in total. The minimum Gasteiger partial charge on any atom is -0.497 e. The number of nitrogens with zero attached hydrogens (tertiary/aromatic N) is 1. The normalized spacial score (nSPS) is 26.0. The van der Waals surface area contributed by atoms with E-state index in [0.717, 1.165) is 41.8 Å². The van der Waals surface area contributed by atoms with Gasteiger partial charge in [0.2, 0.25) is 0 Å². The van der Waals surface area contributed by atoms with Crippen molar-refractivity contribution in [1.82, 2.24) is 5.43 Å². The molecule has 1 saturated carbocycles. The molecule has 160 valence electrons. The molecule has 0 saturated heterocycles. The number of methoxy groups -OCH3 is 1. The van der Waals surface area contributed by atoms with Crippen LogP contribution in [0.4, 0.5) is 5.69 Å². The maximum Gasteiger partial charge on any atom is 0.123 e. The van der Waals surface area contributed by atoms with Gasteiger partial charge in [0.1, 0.15) is 12.0 Å². The SMILES string of the molecule is C.COc1ccc(N2NC(C3(O)CCC(C=O)CC3)C=C2c2ccc(C)cc2)cc1. The molecule has 2 aromatic carbocycles. The third kappa shape index (κ3) is 4.27. The number of rotatable bonds is 5. The number of anilines is 1. The van der Waals surface area contributed by atoms with E-state index in [1.165, 1.54) is 5.56 Å². The highest BCUT2D eigenvalue weighted by Gasteiger charge is 2.43. The van der Waals surface area contributed by atoms with Crippen molar-refractivity contribution in [3.63, 3.8) is 0 Å². The van der Waals surface area contributed by atoms with E-state index in [2.05, 4.69) is 42.7 Å². The Morgan fingerprint density at radius 3 is 2.30 bits per heavy atom. The summed E-state index contributed by atoms with van der Waals surface area (Å²) in [5.41, 5.74) is 6.94. The third-order valence-electron chi connectivity index (χ3n) is 6.18. The van der Waals surface area contributed by atoms with E-state index in [-0.39, 0.29) is 19.4 Å². The highest BCUT2D eigenvalue weighted by atomic mass is 16.5. The van der Waals surface area contributed by atoms with Crippen molar-refractivity contribution < 1.29 is 14.6 Å². The van der Waals surface area contributed by atoms with E-state index in [0.29, 0.717) is 12.8 Å². The van der Waals surface area contributed by atoms with Gasteiger partial charge in [0.15, 0.2) is 0 Å². The zero-order chi connectivity index (χ0) is 20.4. The second kappa shape index (κ2) is 9.02. The quantitative estimate of drug-likeness (QED) is 0.714. The molecule has 2 aliphatic rings. The van der Waals surface area contributed by atoms with Crippen LogP contribution in [0.25, 0.3) is 5.70 Å². The molecule has 1 aliphatic carbocycles. The van der Waals surface area contributed by atoms with Crippen LogP contribution < -0.4 is 15.2 Å². The Morgan fingerprint density at radius 2 is 1.73 bits per heavy atom. The predicted octanol–water partition coefficient (Wildman–Crippen LogP) is 4.49. The summed E-state index contributed by atoms with van der Waals surface area (Å²) in [6, 6.07) is 16.1. The highest BCUT2D eigenvalue weighted by molar-refractivity contribution is 5.81. The van der Waals surface area contributed by atoms with Crippen LogP contribution in [-0.4, -0.2) is 30.1 Å². The van der Waals surface area contributed by atoms with Gasteiger partial charge in [-0.2, -0.15) is 0 Å². The first kappa shape index (κ1) is 22.1. The summed E-state index contributed by atoms with van der Waals surface area (Å²) in [4.78, 5) is 11.1. The second-order valence-corrected chi connectivity index (χ2v) is 8.14. The summed E-state index contributed by atoms with van der Waals surface area (Å²) >= 11 is 0. The number of benzene rings is 2. The molecule has 30 heavy (non-hydrogen) atoms. The summed E-state index contributed by atoms with van der Waals surface area (Å²) in [7, 11) is 1.65. The molecule has 1 unspecified atom stereocenters. The number of nitrogens with one attached hydrogen (secondary N) is 1. The first-order valence-electron chi connectivity index (χ1n) is 10.2. The molecule has 5 nitrogen and oxygen atoms in total. The van der Waals surface area contributed by atoms with Gasteiger partial charge in [-0.25, -0.2) is 5.43 Å². The number of hydrazine groups is 1. The number of carbonyl (C=O) groups is 1. The van der Waals surface area contributed by atoms with E-state index in [4.69, 9.17) is 4.74 Å². The van der Waals surface area contributed by atoms with E-state index < -0.39 is 5.60 Å². The number of hydrogen-bond acceptors (Lipinski definition) is 5. The van der Waals surface area contributed by atoms with Crippen molar-refractivity contribution in [3.8, 4) is 5.75 Å². The number of hydrogen-bond donors (Lipinski definition) is 2. The summed E-state index contributed by atoms with van der Waals surface area (Å²) < 4.78 is 5.29. The third-order valence-corrected chi connectivity index (χ3v) is 6.18. The average molecular weight is 409 g/mol. The first-order valence-corrected chi connectivity index (χ1v) is 10.2. The predicted molar refractivity (Wildman–Crippen MR) is 121 cm³/mol. The lowest BCUT2D eigenvalue weighted by atomic mass is 9.75. The summed E-state index contributed by atoms with van der Waals surface area (Å²) in [6.45, 7) is 2.07. The molecule has 0 spiro atoms. The van der Waals surface area contributed by atoms with Gasteiger partial charge in [0, 0.05) is 5.92 Å². The molecule has 0 radical (unpaired) electrons. The second-order valence-electron chi connectivity index (χ2n) is 8.14. The molecule has 2 aromatic rings. The fraction of sp³-hybridized carbons (Fsp3) is 0.400. The summed E-state index contributed by atoms with van der Waals surface area (Å²) in [5, 5.41) is 13.4. The Balaban J connectivity index is 0.00000256. The van der Waals surface area contributed by atoms with Crippen molar-refractivity contribution in [3.05, 3.63) is 65.7 Å².